The molecule has 2 aromatic carbocycles. The van der Waals surface area contributed by atoms with E-state index in [1.54, 1.807) is 18.2 Å². The number of anilines is 1. The minimum absolute atomic E-state index is 0.0750. The highest BCUT2D eigenvalue weighted by molar-refractivity contribution is 7.89. The van der Waals surface area contributed by atoms with E-state index >= 15 is 0 Å². The first-order chi connectivity index (χ1) is 12.8. The molecule has 1 N–H and O–H groups in total. The van der Waals surface area contributed by atoms with E-state index in [0.29, 0.717) is 18.9 Å². The van der Waals surface area contributed by atoms with Crippen LogP contribution in [-0.2, 0) is 14.8 Å². The van der Waals surface area contributed by atoms with E-state index in [0.717, 1.165) is 6.07 Å². The van der Waals surface area contributed by atoms with Gasteiger partial charge in [-0.2, -0.15) is 4.31 Å². The monoisotopic (exact) mass is 398 g/mol. The van der Waals surface area contributed by atoms with Crippen LogP contribution < -0.4 is 5.32 Å². The Bertz CT molecular complexity index is 952. The summed E-state index contributed by atoms with van der Waals surface area (Å²) in [6.45, 7) is 0.189. The minimum atomic E-state index is -3.75. The van der Waals surface area contributed by atoms with Gasteiger partial charge in [0.05, 0.1) is 16.5 Å². The first kappa shape index (κ1) is 19.4. The second-order valence-electron chi connectivity index (χ2n) is 6.23. The van der Waals surface area contributed by atoms with Crippen LogP contribution in [0.15, 0.2) is 47.4 Å². The summed E-state index contributed by atoms with van der Waals surface area (Å²) < 4.78 is 66.6. The average Bonchev–Trinajstić information content (AvgIpc) is 2.69. The van der Waals surface area contributed by atoms with E-state index in [-0.39, 0.29) is 18.0 Å². The molecule has 27 heavy (non-hydrogen) atoms. The molecule has 3 rings (SSSR count). The lowest BCUT2D eigenvalue weighted by atomic mass is 9.98. The molecule has 1 amide bonds. The molecule has 0 spiro atoms. The average molecular weight is 398 g/mol. The Morgan fingerprint density at radius 1 is 1.04 bits per heavy atom. The van der Waals surface area contributed by atoms with Gasteiger partial charge in [-0.3, -0.25) is 4.79 Å². The molecule has 0 unspecified atom stereocenters. The summed E-state index contributed by atoms with van der Waals surface area (Å²) in [5, 5.41) is 2.22. The number of piperidine rings is 1. The van der Waals surface area contributed by atoms with E-state index in [1.807, 2.05) is 0 Å². The summed E-state index contributed by atoms with van der Waals surface area (Å²) in [6.07, 6.45) is 0.850. The van der Waals surface area contributed by atoms with Crippen LogP contribution in [-0.4, -0.2) is 31.7 Å². The van der Waals surface area contributed by atoms with E-state index in [1.165, 1.54) is 16.4 Å². The molecule has 1 saturated heterocycles. The van der Waals surface area contributed by atoms with Gasteiger partial charge in [-0.25, -0.2) is 21.6 Å². The summed E-state index contributed by atoms with van der Waals surface area (Å²) in [5.41, 5.74) is -0.484. The quantitative estimate of drug-likeness (QED) is 0.805. The van der Waals surface area contributed by atoms with Crippen LogP contribution in [0.4, 0.5) is 18.9 Å². The lowest BCUT2D eigenvalue weighted by Gasteiger charge is -2.31. The van der Waals surface area contributed by atoms with Gasteiger partial charge in [0.25, 0.3) is 0 Å². The third-order valence-corrected chi connectivity index (χ3v) is 6.31. The summed E-state index contributed by atoms with van der Waals surface area (Å²) in [7, 11) is -3.75. The SMILES string of the molecule is O=C(Nc1ccc(F)c(F)c1F)[C@H]1CCCN(S(=O)(=O)c2ccccc2)C1. The molecular formula is C18H17F3N2O3S. The number of hydrogen-bond donors (Lipinski definition) is 1. The van der Waals surface area contributed by atoms with Gasteiger partial charge in [-0.1, -0.05) is 18.2 Å². The van der Waals surface area contributed by atoms with Crippen LogP contribution in [0.25, 0.3) is 0 Å². The zero-order valence-corrected chi connectivity index (χ0v) is 15.0. The molecule has 0 aliphatic carbocycles. The highest BCUT2D eigenvalue weighted by atomic mass is 32.2. The normalized spacial score (nSPS) is 18.3. The molecule has 1 heterocycles. The summed E-state index contributed by atoms with van der Waals surface area (Å²) in [4.78, 5) is 12.5. The Morgan fingerprint density at radius 2 is 1.74 bits per heavy atom. The van der Waals surface area contributed by atoms with Crippen LogP contribution in [0, 0.1) is 23.4 Å². The molecule has 0 radical (unpaired) electrons. The molecule has 1 aliphatic heterocycles. The zero-order chi connectivity index (χ0) is 19.6. The zero-order valence-electron chi connectivity index (χ0n) is 14.2. The predicted molar refractivity (Wildman–Crippen MR) is 92.9 cm³/mol. The maximum absolute atomic E-state index is 13.7. The van der Waals surface area contributed by atoms with Crippen molar-refractivity contribution in [2.24, 2.45) is 5.92 Å². The van der Waals surface area contributed by atoms with E-state index in [2.05, 4.69) is 5.32 Å². The predicted octanol–water partition coefficient (Wildman–Crippen LogP) is 3.14. The van der Waals surface area contributed by atoms with Gasteiger partial charge in [0, 0.05) is 13.1 Å². The lowest BCUT2D eigenvalue weighted by Crippen LogP contribution is -2.43. The third-order valence-electron chi connectivity index (χ3n) is 4.43. The first-order valence-corrected chi connectivity index (χ1v) is 9.74. The Labute approximate surface area is 154 Å². The molecule has 0 saturated carbocycles. The number of amides is 1. The summed E-state index contributed by atoms with van der Waals surface area (Å²) >= 11 is 0. The van der Waals surface area contributed by atoms with Gasteiger partial charge in [-0.15, -0.1) is 0 Å². The van der Waals surface area contributed by atoms with Crippen molar-refractivity contribution in [3.8, 4) is 0 Å². The van der Waals surface area contributed by atoms with Crippen molar-refractivity contribution in [3.63, 3.8) is 0 Å². The van der Waals surface area contributed by atoms with Crippen LogP contribution in [0.3, 0.4) is 0 Å². The summed E-state index contributed by atoms with van der Waals surface area (Å²) in [5.74, 6) is -5.90. The van der Waals surface area contributed by atoms with E-state index in [4.69, 9.17) is 0 Å². The molecule has 1 fully saturated rings. The number of benzene rings is 2. The van der Waals surface area contributed by atoms with Crippen LogP contribution in [0.5, 0.6) is 0 Å². The van der Waals surface area contributed by atoms with Crippen LogP contribution in [0.2, 0.25) is 0 Å². The lowest BCUT2D eigenvalue weighted by molar-refractivity contribution is -0.120. The van der Waals surface area contributed by atoms with Gasteiger partial charge in [0.1, 0.15) is 0 Å². The topological polar surface area (TPSA) is 66.5 Å². The molecule has 0 aromatic heterocycles. The molecule has 144 valence electrons. The third kappa shape index (κ3) is 3.98. The number of carbonyl (C=O) groups is 1. The Morgan fingerprint density at radius 3 is 2.44 bits per heavy atom. The molecular weight excluding hydrogens is 381 g/mol. The summed E-state index contributed by atoms with van der Waals surface area (Å²) in [6, 6.07) is 9.47. The second kappa shape index (κ2) is 7.69. The second-order valence-corrected chi connectivity index (χ2v) is 8.17. The maximum Gasteiger partial charge on any atom is 0.243 e. The Kier molecular flexibility index (Phi) is 5.52. The Balaban J connectivity index is 1.75. The van der Waals surface area contributed by atoms with E-state index in [9.17, 15) is 26.4 Å². The van der Waals surface area contributed by atoms with Gasteiger partial charge in [-0.05, 0) is 37.1 Å². The first-order valence-electron chi connectivity index (χ1n) is 8.30. The number of carbonyl (C=O) groups excluding carboxylic acids is 1. The minimum Gasteiger partial charge on any atom is -0.323 e. The number of hydrogen-bond acceptors (Lipinski definition) is 3. The maximum atomic E-state index is 13.7. The molecule has 1 aliphatic rings. The fraction of sp³-hybridized carbons (Fsp3) is 0.278. The number of nitrogens with one attached hydrogen (secondary N) is 1. The smallest absolute Gasteiger partial charge is 0.243 e. The van der Waals surface area contributed by atoms with Crippen molar-refractivity contribution in [2.75, 3.05) is 18.4 Å². The van der Waals surface area contributed by atoms with Gasteiger partial charge < -0.3 is 5.32 Å². The molecule has 1 atom stereocenters. The van der Waals surface area contributed by atoms with Crippen molar-refractivity contribution in [3.05, 3.63) is 59.9 Å². The number of halogens is 3. The highest BCUT2D eigenvalue weighted by Gasteiger charge is 2.33. The molecule has 5 nitrogen and oxygen atoms in total. The van der Waals surface area contributed by atoms with Crippen LogP contribution in [0.1, 0.15) is 12.8 Å². The van der Waals surface area contributed by atoms with Crippen molar-refractivity contribution in [1.82, 2.24) is 4.31 Å². The number of nitrogens with zero attached hydrogens (tertiary/aromatic N) is 1. The number of sulfonamides is 1. The molecule has 9 heteroatoms. The van der Waals surface area contributed by atoms with Gasteiger partial charge in [0.15, 0.2) is 17.5 Å². The van der Waals surface area contributed by atoms with E-state index < -0.39 is 45.0 Å². The Hall–Kier alpha value is -2.39. The van der Waals surface area contributed by atoms with Crippen molar-refractivity contribution in [2.45, 2.75) is 17.7 Å². The van der Waals surface area contributed by atoms with Gasteiger partial charge >= 0.3 is 0 Å². The fourth-order valence-corrected chi connectivity index (χ4v) is 4.52. The standard InChI is InChI=1S/C18H17F3N2O3S/c19-14-8-9-15(17(21)16(14)20)22-18(24)12-5-4-10-23(11-12)27(25,26)13-6-2-1-3-7-13/h1-3,6-9,12H,4-5,10-11H2,(H,22,24)/t12-/m0/s1. The van der Waals surface area contributed by atoms with Crippen molar-refractivity contribution < 1.29 is 26.4 Å². The molecule has 2 aromatic rings. The largest absolute Gasteiger partial charge is 0.323 e. The van der Waals surface area contributed by atoms with Crippen LogP contribution >= 0.6 is 0 Å². The molecule has 0 bridgehead atoms. The van der Waals surface area contributed by atoms with Gasteiger partial charge in [0.2, 0.25) is 15.9 Å². The fourth-order valence-electron chi connectivity index (χ4n) is 2.97. The number of rotatable bonds is 4. The highest BCUT2D eigenvalue weighted by Crippen LogP contribution is 2.26. The van der Waals surface area contributed by atoms with Crippen molar-refractivity contribution >= 4 is 21.6 Å². The van der Waals surface area contributed by atoms with Crippen molar-refractivity contribution in [1.29, 1.82) is 0 Å².